The molecule has 0 spiro atoms. The number of nitrogens with one attached hydrogen (secondary N) is 1. The summed E-state index contributed by atoms with van der Waals surface area (Å²) >= 11 is 0. The molecule has 0 bridgehead atoms. The van der Waals surface area contributed by atoms with Gasteiger partial charge in [-0.25, -0.2) is 0 Å². The summed E-state index contributed by atoms with van der Waals surface area (Å²) in [6.07, 6.45) is 15.4. The first-order valence-electron chi connectivity index (χ1n) is 8.56. The van der Waals surface area contributed by atoms with E-state index in [-0.39, 0.29) is 0 Å². The predicted octanol–water partition coefficient (Wildman–Crippen LogP) is 5.29. The van der Waals surface area contributed by atoms with Gasteiger partial charge in [-0.15, -0.1) is 0 Å². The molecule has 0 aromatic carbocycles. The van der Waals surface area contributed by atoms with Crippen LogP contribution in [0.1, 0.15) is 91.4 Å². The van der Waals surface area contributed by atoms with Crippen LogP contribution in [0.2, 0.25) is 0 Å². The van der Waals surface area contributed by atoms with Crippen LogP contribution in [0, 0.1) is 5.92 Å². The van der Waals surface area contributed by atoms with Crippen LogP contribution >= 0.6 is 0 Å². The molecule has 1 rings (SSSR count). The predicted molar refractivity (Wildman–Crippen MR) is 82.0 cm³/mol. The first kappa shape index (κ1) is 16.0. The number of hydrogen-bond acceptors (Lipinski definition) is 1. The third-order valence-electron chi connectivity index (χ3n) is 4.56. The van der Waals surface area contributed by atoms with E-state index in [9.17, 15) is 0 Å². The molecular weight excluding hydrogens is 218 g/mol. The van der Waals surface area contributed by atoms with E-state index in [0.29, 0.717) is 0 Å². The molecule has 0 amide bonds. The largest absolute Gasteiger partial charge is 0.311 e. The van der Waals surface area contributed by atoms with Gasteiger partial charge < -0.3 is 5.32 Å². The topological polar surface area (TPSA) is 12.0 Å². The molecule has 1 aliphatic rings. The molecule has 0 aromatic heterocycles. The Morgan fingerprint density at radius 3 is 2.17 bits per heavy atom. The zero-order valence-corrected chi connectivity index (χ0v) is 13.0. The SMILES string of the molecule is CCCCC(CCC)NC1CCC(CCC)CC1. The number of rotatable bonds is 9. The summed E-state index contributed by atoms with van der Waals surface area (Å²) in [5.41, 5.74) is 0. The second-order valence-corrected chi connectivity index (χ2v) is 6.30. The Morgan fingerprint density at radius 2 is 1.61 bits per heavy atom. The minimum Gasteiger partial charge on any atom is -0.311 e. The Kier molecular flexibility index (Phi) is 8.75. The van der Waals surface area contributed by atoms with Gasteiger partial charge in [-0.1, -0.05) is 52.9 Å². The zero-order chi connectivity index (χ0) is 13.2. The first-order valence-corrected chi connectivity index (χ1v) is 8.56. The standard InChI is InChI=1S/C17H35N/c1-4-7-10-16(9-6-3)18-17-13-11-15(8-5-2)12-14-17/h15-18H,4-14H2,1-3H3. The molecule has 0 aliphatic heterocycles. The van der Waals surface area contributed by atoms with Crippen molar-refractivity contribution in [2.24, 2.45) is 5.92 Å². The first-order chi connectivity index (χ1) is 8.80. The van der Waals surface area contributed by atoms with E-state index in [1.54, 1.807) is 0 Å². The third-order valence-corrected chi connectivity index (χ3v) is 4.56. The van der Waals surface area contributed by atoms with E-state index in [4.69, 9.17) is 0 Å². The van der Waals surface area contributed by atoms with Crippen LogP contribution in [0.15, 0.2) is 0 Å². The van der Waals surface area contributed by atoms with Gasteiger partial charge in [0.1, 0.15) is 0 Å². The molecule has 1 aliphatic carbocycles. The molecule has 0 saturated heterocycles. The van der Waals surface area contributed by atoms with Crippen molar-refractivity contribution in [2.45, 2.75) is 103 Å². The van der Waals surface area contributed by atoms with Gasteiger partial charge in [0.15, 0.2) is 0 Å². The van der Waals surface area contributed by atoms with Gasteiger partial charge in [-0.05, 0) is 44.4 Å². The summed E-state index contributed by atoms with van der Waals surface area (Å²) in [5, 5.41) is 3.95. The maximum absolute atomic E-state index is 3.95. The molecule has 0 aromatic rings. The molecule has 1 unspecified atom stereocenters. The monoisotopic (exact) mass is 253 g/mol. The van der Waals surface area contributed by atoms with Crippen molar-refractivity contribution < 1.29 is 0 Å². The van der Waals surface area contributed by atoms with Crippen molar-refractivity contribution in [3.63, 3.8) is 0 Å². The Balaban J connectivity index is 2.23. The second-order valence-electron chi connectivity index (χ2n) is 6.30. The summed E-state index contributed by atoms with van der Waals surface area (Å²) < 4.78 is 0. The fraction of sp³-hybridized carbons (Fsp3) is 1.00. The van der Waals surface area contributed by atoms with E-state index in [0.717, 1.165) is 18.0 Å². The molecule has 1 atom stereocenters. The van der Waals surface area contributed by atoms with E-state index >= 15 is 0 Å². The van der Waals surface area contributed by atoms with Crippen LogP contribution in [0.5, 0.6) is 0 Å². The lowest BCUT2D eigenvalue weighted by molar-refractivity contribution is 0.253. The van der Waals surface area contributed by atoms with Crippen molar-refractivity contribution in [3.05, 3.63) is 0 Å². The maximum Gasteiger partial charge on any atom is 0.00698 e. The molecule has 18 heavy (non-hydrogen) atoms. The van der Waals surface area contributed by atoms with Crippen molar-refractivity contribution >= 4 is 0 Å². The lowest BCUT2D eigenvalue weighted by Crippen LogP contribution is -2.40. The van der Waals surface area contributed by atoms with Crippen LogP contribution in [0.25, 0.3) is 0 Å². The van der Waals surface area contributed by atoms with Crippen molar-refractivity contribution in [1.29, 1.82) is 0 Å². The number of unbranched alkanes of at least 4 members (excludes halogenated alkanes) is 1. The highest BCUT2D eigenvalue weighted by atomic mass is 14.9. The van der Waals surface area contributed by atoms with Gasteiger partial charge in [0.05, 0.1) is 0 Å². The van der Waals surface area contributed by atoms with Crippen LogP contribution in [-0.4, -0.2) is 12.1 Å². The molecule has 0 radical (unpaired) electrons. The molecule has 1 saturated carbocycles. The summed E-state index contributed by atoms with van der Waals surface area (Å²) in [6, 6.07) is 1.62. The smallest absolute Gasteiger partial charge is 0.00698 e. The van der Waals surface area contributed by atoms with Gasteiger partial charge in [0.2, 0.25) is 0 Å². The van der Waals surface area contributed by atoms with E-state index in [1.165, 1.54) is 70.6 Å². The summed E-state index contributed by atoms with van der Waals surface area (Å²) in [4.78, 5) is 0. The normalized spacial score (nSPS) is 26.2. The Morgan fingerprint density at radius 1 is 0.889 bits per heavy atom. The number of hydrogen-bond donors (Lipinski definition) is 1. The van der Waals surface area contributed by atoms with Crippen LogP contribution in [0.4, 0.5) is 0 Å². The average Bonchev–Trinajstić information content (AvgIpc) is 2.39. The average molecular weight is 253 g/mol. The quantitative estimate of drug-likeness (QED) is 0.588. The third kappa shape index (κ3) is 6.22. The molecule has 1 nitrogen and oxygen atoms in total. The van der Waals surface area contributed by atoms with Crippen molar-refractivity contribution in [3.8, 4) is 0 Å². The highest BCUT2D eigenvalue weighted by molar-refractivity contribution is 4.80. The molecule has 1 N–H and O–H groups in total. The van der Waals surface area contributed by atoms with Crippen LogP contribution < -0.4 is 5.32 Å². The molecule has 1 heteroatoms. The minimum atomic E-state index is 0.794. The van der Waals surface area contributed by atoms with Crippen LogP contribution in [-0.2, 0) is 0 Å². The minimum absolute atomic E-state index is 0.794. The highest BCUT2D eigenvalue weighted by Gasteiger charge is 2.22. The summed E-state index contributed by atoms with van der Waals surface area (Å²) in [5.74, 6) is 1.04. The maximum atomic E-state index is 3.95. The Bertz CT molecular complexity index is 182. The lowest BCUT2D eigenvalue weighted by Gasteiger charge is -2.32. The zero-order valence-electron chi connectivity index (χ0n) is 13.0. The molecular formula is C17H35N. The van der Waals surface area contributed by atoms with E-state index in [1.807, 2.05) is 0 Å². The van der Waals surface area contributed by atoms with Gasteiger partial charge in [0.25, 0.3) is 0 Å². The Labute approximate surface area is 115 Å². The van der Waals surface area contributed by atoms with Crippen LogP contribution in [0.3, 0.4) is 0 Å². The highest BCUT2D eigenvalue weighted by Crippen LogP contribution is 2.28. The van der Waals surface area contributed by atoms with Gasteiger partial charge in [0, 0.05) is 12.1 Å². The fourth-order valence-electron chi connectivity index (χ4n) is 3.47. The van der Waals surface area contributed by atoms with Gasteiger partial charge in [-0.3, -0.25) is 0 Å². The van der Waals surface area contributed by atoms with Crippen molar-refractivity contribution in [1.82, 2.24) is 5.32 Å². The Hall–Kier alpha value is -0.0400. The van der Waals surface area contributed by atoms with Crippen molar-refractivity contribution in [2.75, 3.05) is 0 Å². The summed E-state index contributed by atoms with van der Waals surface area (Å²) in [6.45, 7) is 6.95. The van der Waals surface area contributed by atoms with E-state index in [2.05, 4.69) is 26.1 Å². The fourth-order valence-corrected chi connectivity index (χ4v) is 3.47. The molecule has 1 fully saturated rings. The van der Waals surface area contributed by atoms with Gasteiger partial charge in [-0.2, -0.15) is 0 Å². The van der Waals surface area contributed by atoms with E-state index < -0.39 is 0 Å². The lowest BCUT2D eigenvalue weighted by atomic mass is 9.83. The molecule has 108 valence electrons. The second kappa shape index (κ2) is 9.83. The molecule has 0 heterocycles. The van der Waals surface area contributed by atoms with Gasteiger partial charge >= 0.3 is 0 Å². The summed E-state index contributed by atoms with van der Waals surface area (Å²) in [7, 11) is 0.